The van der Waals surface area contributed by atoms with Crippen LogP contribution in [0.25, 0.3) is 0 Å². The number of epoxide rings is 2. The van der Waals surface area contributed by atoms with Gasteiger partial charge in [-0.25, -0.2) is 4.79 Å². The van der Waals surface area contributed by atoms with E-state index >= 15 is 0 Å². The number of carbonyl (C=O) groups excluding carboxylic acids is 1. The van der Waals surface area contributed by atoms with Crippen molar-refractivity contribution in [2.45, 2.75) is 32.0 Å². The molecule has 2 saturated heterocycles. The van der Waals surface area contributed by atoms with Crippen molar-refractivity contribution in [1.29, 1.82) is 0 Å². The molecule has 2 unspecified atom stereocenters. The Morgan fingerprint density at radius 2 is 1.94 bits per heavy atom. The van der Waals surface area contributed by atoms with E-state index in [0.29, 0.717) is 18.1 Å². The van der Waals surface area contributed by atoms with Crippen molar-refractivity contribution in [2.24, 2.45) is 5.92 Å². The molecule has 0 aliphatic carbocycles. The number of ether oxygens (including phenoxy) is 3. The lowest BCUT2D eigenvalue weighted by molar-refractivity contribution is -0.138. The van der Waals surface area contributed by atoms with E-state index in [1.807, 2.05) is 6.92 Å². The van der Waals surface area contributed by atoms with E-state index in [2.05, 4.69) is 0 Å². The van der Waals surface area contributed by atoms with E-state index in [1.54, 1.807) is 0 Å². The van der Waals surface area contributed by atoms with Gasteiger partial charge >= 0.3 is 5.97 Å². The molecule has 0 aromatic rings. The first-order valence-corrected chi connectivity index (χ1v) is 6.38. The van der Waals surface area contributed by atoms with Crippen LogP contribution in [0.5, 0.6) is 0 Å². The van der Waals surface area contributed by atoms with E-state index < -0.39 is 0 Å². The molecule has 18 heavy (non-hydrogen) atoms. The highest BCUT2D eigenvalue weighted by Gasteiger charge is 2.32. The van der Waals surface area contributed by atoms with Crippen LogP contribution in [0.2, 0.25) is 0 Å². The molecule has 2 aliphatic rings. The molecule has 102 valence electrons. The monoisotopic (exact) mass is 256 g/mol. The van der Waals surface area contributed by atoms with E-state index in [1.165, 1.54) is 6.08 Å². The van der Waals surface area contributed by atoms with Crippen LogP contribution in [0.15, 0.2) is 11.6 Å². The van der Waals surface area contributed by atoms with Crippen molar-refractivity contribution >= 4 is 5.97 Å². The third-order valence-corrected chi connectivity index (χ3v) is 3.22. The van der Waals surface area contributed by atoms with E-state index in [0.717, 1.165) is 31.6 Å². The summed E-state index contributed by atoms with van der Waals surface area (Å²) in [6.07, 6.45) is 4.08. The Labute approximate surface area is 107 Å². The van der Waals surface area contributed by atoms with Crippen LogP contribution < -0.4 is 0 Å². The van der Waals surface area contributed by atoms with Gasteiger partial charge in [-0.1, -0.05) is 5.57 Å². The smallest absolute Gasteiger partial charge is 0.330 e. The zero-order valence-corrected chi connectivity index (χ0v) is 10.6. The Morgan fingerprint density at radius 3 is 2.39 bits per heavy atom. The van der Waals surface area contributed by atoms with Gasteiger partial charge in [0.15, 0.2) is 0 Å². The minimum Gasteiger partial charge on any atom is -0.460 e. The average molecular weight is 256 g/mol. The fourth-order valence-corrected chi connectivity index (χ4v) is 2.00. The molecule has 2 heterocycles. The van der Waals surface area contributed by atoms with Crippen LogP contribution in [-0.4, -0.2) is 49.7 Å². The molecular weight excluding hydrogens is 236 g/mol. The number of hydrogen-bond acceptors (Lipinski definition) is 5. The first kappa shape index (κ1) is 13.5. The number of rotatable bonds is 8. The maximum atomic E-state index is 11.4. The molecule has 0 amide bonds. The van der Waals surface area contributed by atoms with Crippen molar-refractivity contribution in [3.8, 4) is 0 Å². The fourth-order valence-electron chi connectivity index (χ4n) is 2.00. The second-order valence-corrected chi connectivity index (χ2v) is 4.86. The van der Waals surface area contributed by atoms with Gasteiger partial charge in [-0.05, 0) is 25.7 Å². The molecule has 0 aromatic carbocycles. The minimum absolute atomic E-state index is 0.0464. The molecule has 1 N–H and O–H groups in total. The quantitative estimate of drug-likeness (QED) is 0.392. The number of hydrogen-bond donors (Lipinski definition) is 1. The molecule has 0 spiro atoms. The zero-order valence-electron chi connectivity index (χ0n) is 10.6. The SMILES string of the molecule is CC(=CC(=O)OCCO)C(CC1CO1)CC1CO1. The molecule has 5 heteroatoms. The van der Waals surface area contributed by atoms with E-state index in [4.69, 9.17) is 19.3 Å². The second-order valence-electron chi connectivity index (χ2n) is 4.86. The summed E-state index contributed by atoms with van der Waals surface area (Å²) >= 11 is 0. The molecule has 2 aliphatic heterocycles. The highest BCUT2D eigenvalue weighted by atomic mass is 16.6. The number of aliphatic hydroxyl groups excluding tert-OH is 1. The largest absolute Gasteiger partial charge is 0.460 e. The van der Waals surface area contributed by atoms with Gasteiger partial charge in [0.25, 0.3) is 0 Å². The Kier molecular flexibility index (Phi) is 4.74. The van der Waals surface area contributed by atoms with E-state index in [-0.39, 0.29) is 19.2 Å². The van der Waals surface area contributed by atoms with Gasteiger partial charge < -0.3 is 19.3 Å². The van der Waals surface area contributed by atoms with Gasteiger partial charge in [0.1, 0.15) is 6.61 Å². The highest BCUT2D eigenvalue weighted by molar-refractivity contribution is 5.82. The van der Waals surface area contributed by atoms with Gasteiger partial charge in [0, 0.05) is 6.08 Å². The average Bonchev–Trinajstić information content (AvgIpc) is 3.19. The lowest BCUT2D eigenvalue weighted by Gasteiger charge is -2.15. The predicted molar refractivity (Wildman–Crippen MR) is 64.0 cm³/mol. The molecule has 2 fully saturated rings. The van der Waals surface area contributed by atoms with Crippen molar-refractivity contribution in [1.82, 2.24) is 0 Å². The lowest BCUT2D eigenvalue weighted by Crippen LogP contribution is -2.12. The van der Waals surface area contributed by atoms with Crippen molar-refractivity contribution in [3.05, 3.63) is 11.6 Å². The van der Waals surface area contributed by atoms with Crippen LogP contribution in [0.1, 0.15) is 19.8 Å². The molecule has 0 bridgehead atoms. The number of esters is 1. The normalized spacial score (nSPS) is 27.8. The van der Waals surface area contributed by atoms with Crippen LogP contribution in [0.3, 0.4) is 0 Å². The van der Waals surface area contributed by atoms with Gasteiger partial charge in [-0.3, -0.25) is 0 Å². The first-order valence-electron chi connectivity index (χ1n) is 6.38. The molecule has 5 nitrogen and oxygen atoms in total. The van der Waals surface area contributed by atoms with Crippen LogP contribution in [0.4, 0.5) is 0 Å². The fraction of sp³-hybridized carbons (Fsp3) is 0.769. The summed E-state index contributed by atoms with van der Waals surface area (Å²) in [5.74, 6) is -0.0772. The van der Waals surface area contributed by atoms with Crippen LogP contribution in [-0.2, 0) is 19.0 Å². The van der Waals surface area contributed by atoms with Crippen molar-refractivity contribution < 1.29 is 24.1 Å². The zero-order chi connectivity index (χ0) is 13.0. The summed E-state index contributed by atoms with van der Waals surface area (Å²) in [5.41, 5.74) is 1.00. The molecule has 0 aromatic heterocycles. The third kappa shape index (κ3) is 4.76. The Morgan fingerprint density at radius 1 is 1.39 bits per heavy atom. The number of aliphatic hydroxyl groups is 1. The third-order valence-electron chi connectivity index (χ3n) is 3.22. The Balaban J connectivity index is 1.85. The summed E-state index contributed by atoms with van der Waals surface area (Å²) in [6, 6.07) is 0. The van der Waals surface area contributed by atoms with Crippen LogP contribution >= 0.6 is 0 Å². The molecule has 2 atom stereocenters. The molecular formula is C13H20O5. The van der Waals surface area contributed by atoms with E-state index in [9.17, 15) is 4.79 Å². The summed E-state index contributed by atoms with van der Waals surface area (Å²) in [7, 11) is 0. The maximum absolute atomic E-state index is 11.4. The lowest BCUT2D eigenvalue weighted by atomic mass is 9.90. The van der Waals surface area contributed by atoms with Gasteiger partial charge in [0.05, 0.1) is 32.0 Å². The van der Waals surface area contributed by atoms with Crippen LogP contribution in [0, 0.1) is 5.92 Å². The maximum Gasteiger partial charge on any atom is 0.330 e. The first-order chi connectivity index (χ1) is 8.69. The number of allylic oxidation sites excluding steroid dienone is 1. The van der Waals surface area contributed by atoms with Gasteiger partial charge in [-0.15, -0.1) is 0 Å². The van der Waals surface area contributed by atoms with Crippen molar-refractivity contribution in [2.75, 3.05) is 26.4 Å². The van der Waals surface area contributed by atoms with Gasteiger partial charge in [0.2, 0.25) is 0 Å². The molecule has 2 rings (SSSR count). The molecule has 0 radical (unpaired) electrons. The number of carbonyl (C=O) groups is 1. The van der Waals surface area contributed by atoms with Gasteiger partial charge in [-0.2, -0.15) is 0 Å². The summed E-state index contributed by atoms with van der Waals surface area (Å²) in [4.78, 5) is 11.4. The topological polar surface area (TPSA) is 71.6 Å². The standard InChI is InChI=1S/C13H20O5/c1-9(4-13(15)16-3-2-14)10(5-11-7-17-11)6-12-8-18-12/h4,10-12,14H,2-3,5-8H2,1H3. The van der Waals surface area contributed by atoms with Crippen molar-refractivity contribution in [3.63, 3.8) is 0 Å². The summed E-state index contributed by atoms with van der Waals surface area (Å²) in [5, 5.41) is 8.58. The second kappa shape index (κ2) is 6.31. The Hall–Kier alpha value is -0.910. The summed E-state index contributed by atoms with van der Waals surface area (Å²) < 4.78 is 15.3. The molecule has 0 saturated carbocycles. The summed E-state index contributed by atoms with van der Waals surface area (Å²) in [6.45, 7) is 3.49. The Bertz CT molecular complexity index is 303. The predicted octanol–water partition coefficient (Wildman–Crippen LogP) is 0.662. The minimum atomic E-state index is -0.389. The highest BCUT2D eigenvalue weighted by Crippen LogP contribution is 2.31.